The van der Waals surface area contributed by atoms with Crippen molar-refractivity contribution < 1.29 is 9.32 Å². The zero-order valence-electron chi connectivity index (χ0n) is 9.31. The van der Waals surface area contributed by atoms with Crippen LogP contribution < -0.4 is 11.1 Å². The summed E-state index contributed by atoms with van der Waals surface area (Å²) < 4.78 is 4.63. The average Bonchev–Trinajstić information content (AvgIpc) is 2.97. The Morgan fingerprint density at radius 3 is 3.06 bits per heavy atom. The molecule has 1 amide bonds. The zero-order chi connectivity index (χ0) is 12.5. The molecule has 2 heterocycles. The lowest BCUT2D eigenvalue weighted by molar-refractivity contribution is 0.102. The molecule has 1 aromatic carbocycles. The quantitative estimate of drug-likeness (QED) is 0.598. The third-order valence-corrected chi connectivity index (χ3v) is 2.62. The van der Waals surface area contributed by atoms with Crippen molar-refractivity contribution in [1.82, 2.24) is 10.1 Å². The first-order chi connectivity index (χ1) is 8.74. The van der Waals surface area contributed by atoms with Gasteiger partial charge in [0.1, 0.15) is 17.6 Å². The van der Waals surface area contributed by atoms with Crippen molar-refractivity contribution in [3.63, 3.8) is 0 Å². The molecule has 4 N–H and O–H groups in total. The van der Waals surface area contributed by atoms with Gasteiger partial charge in [-0.1, -0.05) is 17.3 Å². The highest BCUT2D eigenvalue weighted by Gasteiger charge is 2.11. The summed E-state index contributed by atoms with van der Waals surface area (Å²) in [5.74, 6) is -0.270. The molecular weight excluding hydrogens is 232 g/mol. The predicted octanol–water partition coefficient (Wildman–Crippen LogP) is 1.99. The van der Waals surface area contributed by atoms with Gasteiger partial charge in [-0.2, -0.15) is 0 Å². The Kier molecular flexibility index (Phi) is 2.26. The first kappa shape index (κ1) is 10.4. The van der Waals surface area contributed by atoms with E-state index in [-0.39, 0.29) is 5.91 Å². The van der Waals surface area contributed by atoms with Crippen LogP contribution in [0.1, 0.15) is 10.5 Å². The molecule has 3 aromatic rings. The largest absolute Gasteiger partial charge is 0.397 e. The minimum Gasteiger partial charge on any atom is -0.397 e. The molecule has 0 fully saturated rings. The Labute approximate surface area is 102 Å². The summed E-state index contributed by atoms with van der Waals surface area (Å²) in [6.45, 7) is 0. The standard InChI is InChI=1S/C12H10N4O2/c13-9-3-1-2-7-4-10(16-11(7)9)12(17)15-8-5-14-18-6-8/h1-6,16H,13H2,(H,15,17). The topological polar surface area (TPSA) is 96.9 Å². The fourth-order valence-corrected chi connectivity index (χ4v) is 1.77. The van der Waals surface area contributed by atoms with Crippen LogP contribution in [-0.4, -0.2) is 16.0 Å². The summed E-state index contributed by atoms with van der Waals surface area (Å²) in [5, 5.41) is 7.05. The van der Waals surface area contributed by atoms with Gasteiger partial charge in [0.2, 0.25) is 0 Å². The second-order valence-electron chi connectivity index (χ2n) is 3.86. The first-order valence-corrected chi connectivity index (χ1v) is 5.32. The molecule has 0 aliphatic heterocycles. The number of H-pyrrole nitrogens is 1. The number of carbonyl (C=O) groups excluding carboxylic acids is 1. The van der Waals surface area contributed by atoms with E-state index in [9.17, 15) is 4.79 Å². The maximum atomic E-state index is 11.9. The number of rotatable bonds is 2. The van der Waals surface area contributed by atoms with Crippen molar-refractivity contribution in [1.29, 1.82) is 0 Å². The van der Waals surface area contributed by atoms with Crippen LogP contribution in [0.25, 0.3) is 10.9 Å². The number of anilines is 2. The molecule has 0 saturated carbocycles. The van der Waals surface area contributed by atoms with Gasteiger partial charge in [-0.05, 0) is 12.1 Å². The molecule has 0 unspecified atom stereocenters. The minimum atomic E-state index is -0.270. The summed E-state index contributed by atoms with van der Waals surface area (Å²) in [6, 6.07) is 7.25. The summed E-state index contributed by atoms with van der Waals surface area (Å²) in [5.41, 5.74) is 8.12. The number of carbonyl (C=O) groups is 1. The van der Waals surface area contributed by atoms with Crippen molar-refractivity contribution in [2.45, 2.75) is 0 Å². The van der Waals surface area contributed by atoms with E-state index >= 15 is 0 Å². The van der Waals surface area contributed by atoms with Gasteiger partial charge in [-0.15, -0.1) is 0 Å². The summed E-state index contributed by atoms with van der Waals surface area (Å²) in [7, 11) is 0. The number of para-hydroxylation sites is 1. The molecule has 0 radical (unpaired) electrons. The van der Waals surface area contributed by atoms with E-state index in [1.807, 2.05) is 12.1 Å². The first-order valence-electron chi connectivity index (χ1n) is 5.32. The van der Waals surface area contributed by atoms with Crippen molar-refractivity contribution in [3.8, 4) is 0 Å². The molecule has 3 rings (SSSR count). The van der Waals surface area contributed by atoms with Crippen LogP contribution in [0.15, 0.2) is 41.2 Å². The number of nitrogens with two attached hydrogens (primary N) is 1. The normalized spacial score (nSPS) is 10.7. The number of amides is 1. The Hall–Kier alpha value is -2.76. The van der Waals surface area contributed by atoms with Crippen molar-refractivity contribution in [2.24, 2.45) is 0 Å². The number of hydrogen-bond donors (Lipinski definition) is 3. The molecule has 90 valence electrons. The fraction of sp³-hybridized carbons (Fsp3) is 0. The van der Waals surface area contributed by atoms with Crippen LogP contribution in [0.5, 0.6) is 0 Å². The van der Waals surface area contributed by atoms with Gasteiger partial charge in [0.05, 0.1) is 17.4 Å². The maximum absolute atomic E-state index is 11.9. The van der Waals surface area contributed by atoms with Crippen LogP contribution in [-0.2, 0) is 0 Å². The molecule has 6 nitrogen and oxygen atoms in total. The summed E-state index contributed by atoms with van der Waals surface area (Å²) >= 11 is 0. The Bertz CT molecular complexity index is 700. The molecule has 0 bridgehead atoms. The van der Waals surface area contributed by atoms with Gasteiger partial charge >= 0.3 is 0 Å². The Morgan fingerprint density at radius 1 is 1.44 bits per heavy atom. The monoisotopic (exact) mass is 242 g/mol. The van der Waals surface area contributed by atoms with Crippen LogP contribution in [0.3, 0.4) is 0 Å². The lowest BCUT2D eigenvalue weighted by atomic mass is 10.2. The van der Waals surface area contributed by atoms with E-state index in [4.69, 9.17) is 5.73 Å². The molecule has 0 atom stereocenters. The Balaban J connectivity index is 1.94. The van der Waals surface area contributed by atoms with E-state index in [1.54, 1.807) is 12.1 Å². The lowest BCUT2D eigenvalue weighted by Crippen LogP contribution is -2.11. The number of fused-ring (bicyclic) bond motifs is 1. The predicted molar refractivity (Wildman–Crippen MR) is 67.2 cm³/mol. The number of nitrogen functional groups attached to an aromatic ring is 1. The van der Waals surface area contributed by atoms with E-state index < -0.39 is 0 Å². The summed E-state index contributed by atoms with van der Waals surface area (Å²) in [6.07, 6.45) is 2.78. The SMILES string of the molecule is Nc1cccc2cc(C(=O)Nc3cnoc3)[nH]c12. The second-order valence-corrected chi connectivity index (χ2v) is 3.86. The third-order valence-electron chi connectivity index (χ3n) is 2.62. The fourth-order valence-electron chi connectivity index (χ4n) is 1.77. The molecule has 2 aromatic heterocycles. The van der Waals surface area contributed by atoms with Gasteiger partial charge in [-0.25, -0.2) is 0 Å². The smallest absolute Gasteiger partial charge is 0.272 e. The van der Waals surface area contributed by atoms with E-state index in [1.165, 1.54) is 12.5 Å². The number of nitrogens with one attached hydrogen (secondary N) is 2. The van der Waals surface area contributed by atoms with Crippen molar-refractivity contribution in [2.75, 3.05) is 11.1 Å². The molecule has 0 saturated heterocycles. The molecular formula is C12H10N4O2. The highest BCUT2D eigenvalue weighted by molar-refractivity contribution is 6.07. The number of aromatic amines is 1. The van der Waals surface area contributed by atoms with E-state index in [0.717, 1.165) is 10.9 Å². The minimum absolute atomic E-state index is 0.270. The van der Waals surface area contributed by atoms with Gasteiger partial charge in [0.25, 0.3) is 5.91 Å². The van der Waals surface area contributed by atoms with Gasteiger partial charge in [0, 0.05) is 5.39 Å². The molecule has 6 heteroatoms. The van der Waals surface area contributed by atoms with Gasteiger partial charge in [-0.3, -0.25) is 4.79 Å². The van der Waals surface area contributed by atoms with E-state index in [0.29, 0.717) is 17.1 Å². The summed E-state index contributed by atoms with van der Waals surface area (Å²) in [4.78, 5) is 14.9. The van der Waals surface area contributed by atoms with Crippen LogP contribution >= 0.6 is 0 Å². The number of hydrogen-bond acceptors (Lipinski definition) is 4. The Morgan fingerprint density at radius 2 is 2.33 bits per heavy atom. The third kappa shape index (κ3) is 1.69. The van der Waals surface area contributed by atoms with Crippen LogP contribution in [0.4, 0.5) is 11.4 Å². The number of aromatic nitrogens is 2. The zero-order valence-corrected chi connectivity index (χ0v) is 9.31. The molecule has 0 aliphatic carbocycles. The van der Waals surface area contributed by atoms with Gasteiger partial charge in [0.15, 0.2) is 0 Å². The lowest BCUT2D eigenvalue weighted by Gasteiger charge is -1.98. The molecule has 18 heavy (non-hydrogen) atoms. The maximum Gasteiger partial charge on any atom is 0.272 e. The number of nitrogens with zero attached hydrogens (tertiary/aromatic N) is 1. The molecule has 0 aliphatic rings. The number of benzene rings is 1. The van der Waals surface area contributed by atoms with Crippen molar-refractivity contribution in [3.05, 3.63) is 42.4 Å². The average molecular weight is 242 g/mol. The van der Waals surface area contributed by atoms with E-state index in [2.05, 4.69) is 20.0 Å². The highest BCUT2D eigenvalue weighted by atomic mass is 16.5. The van der Waals surface area contributed by atoms with Crippen LogP contribution in [0, 0.1) is 0 Å². The van der Waals surface area contributed by atoms with Gasteiger partial charge < -0.3 is 20.6 Å². The van der Waals surface area contributed by atoms with Crippen LogP contribution in [0.2, 0.25) is 0 Å². The highest BCUT2D eigenvalue weighted by Crippen LogP contribution is 2.21. The molecule has 0 spiro atoms. The van der Waals surface area contributed by atoms with Crippen molar-refractivity contribution >= 4 is 28.2 Å². The second kappa shape index (κ2) is 3.92.